The molecule has 1 aliphatic heterocycles. The lowest BCUT2D eigenvalue weighted by molar-refractivity contribution is -0.138. The molecule has 2 aromatic carbocycles. The summed E-state index contributed by atoms with van der Waals surface area (Å²) < 4.78 is 175. The monoisotopic (exact) mass is 1550 g/mol. The third kappa shape index (κ3) is 48.3. The minimum atomic E-state index is -5.05. The fourth-order valence-corrected chi connectivity index (χ4v) is 9.92. The maximum Gasteiger partial charge on any atom is 0.305 e. The molecule has 2 aromatic rings. The Morgan fingerprint density at radius 1 is 0.411 bits per heavy atom. The zero-order valence-electron chi connectivity index (χ0n) is 62.2. The largest absolute Gasteiger partial charge is 0.744 e. The predicted octanol–water partition coefficient (Wildman–Crippen LogP) is 3.08. The van der Waals surface area contributed by atoms with Crippen LogP contribution < -0.4 is 16.4 Å². The van der Waals surface area contributed by atoms with Crippen LogP contribution in [0.4, 0.5) is 5.69 Å². The first-order valence-corrected chi connectivity index (χ1v) is 37.6. The summed E-state index contributed by atoms with van der Waals surface area (Å²) in [6, 6.07) is 12.9. The van der Waals surface area contributed by atoms with E-state index in [1.807, 2.05) is 0 Å². The number of fused-ring (bicyclic) bond motifs is 2. The molecule has 0 atom stereocenters. The second-order valence-electron chi connectivity index (χ2n) is 22.6. The quantitative estimate of drug-likeness (QED) is 0.0213. The van der Waals surface area contributed by atoms with E-state index in [1.165, 1.54) is 6.07 Å². The second-order valence-corrected chi connectivity index (χ2v) is 23.9. The Hall–Kier alpha value is -5.18. The first-order valence-electron chi connectivity index (χ1n) is 36.2. The van der Waals surface area contributed by atoms with Crippen molar-refractivity contribution in [3.8, 4) is 22.5 Å². The van der Waals surface area contributed by atoms with E-state index >= 15 is 0 Å². The molecular formula is C72H116N3O31S-. The molecule has 34 nitrogen and oxygen atoms in total. The van der Waals surface area contributed by atoms with Crippen LogP contribution in [-0.4, -0.2) is 354 Å². The van der Waals surface area contributed by atoms with Crippen LogP contribution in [0.15, 0.2) is 57.8 Å². The summed E-state index contributed by atoms with van der Waals surface area (Å²) >= 11 is 0. The van der Waals surface area contributed by atoms with E-state index in [2.05, 4.69) is 5.32 Å². The van der Waals surface area contributed by atoms with Crippen LogP contribution in [0.3, 0.4) is 0 Å². The number of anilines is 1. The molecule has 0 saturated carbocycles. The van der Waals surface area contributed by atoms with Gasteiger partial charge in [-0.1, -0.05) is 12.1 Å². The average molecular weight is 1550 g/mol. The third-order valence-corrected chi connectivity index (χ3v) is 15.4. The van der Waals surface area contributed by atoms with Crippen molar-refractivity contribution in [2.24, 2.45) is 0 Å². The van der Waals surface area contributed by atoms with E-state index in [1.54, 1.807) is 49.4 Å². The number of aliphatic carboxylic acids is 1. The number of nitrogen functional groups attached to an aromatic ring is 1. The van der Waals surface area contributed by atoms with Crippen molar-refractivity contribution in [3.05, 3.63) is 65.0 Å². The zero-order valence-corrected chi connectivity index (χ0v) is 63.0. The van der Waals surface area contributed by atoms with Crippen molar-refractivity contribution in [3.63, 3.8) is 0 Å². The molecule has 5 N–H and O–H groups in total. The van der Waals surface area contributed by atoms with Gasteiger partial charge >= 0.3 is 5.97 Å². The van der Waals surface area contributed by atoms with Crippen LogP contribution >= 0.6 is 0 Å². The standard InChI is InChI=1S/C72H117N3O31S/c1-60-65(73)7-5-63-68(64-6-8-66(74)71(107(79,80)81)70(64)106-69(60)63)61-3-2-4-62(59-61)72(78)75-10-12-83-14-16-85-18-20-87-22-24-89-26-28-91-30-32-93-34-36-95-38-40-97-42-44-99-46-48-101-50-52-103-54-56-105-58-57-104-55-53-102-51-49-100-47-45-98-43-41-96-39-37-94-35-33-92-31-29-90-27-25-88-23-21-86-19-17-84-15-13-82-11-9-67(76)77/h2-8,59,73H,9-58,74H2,1H3,(H,75,78)(H,76,77)(H,79,80,81)/p-1. The zero-order chi connectivity index (χ0) is 76.4. The number of carboxylic acids is 1. The van der Waals surface area contributed by atoms with E-state index in [0.717, 1.165) is 0 Å². The third-order valence-electron chi connectivity index (χ3n) is 14.5. The number of nitrogens with two attached hydrogens (primary N) is 1. The molecule has 1 heterocycles. The molecule has 0 radical (unpaired) electrons. The van der Waals surface area contributed by atoms with Crippen LogP contribution in [0, 0.1) is 12.3 Å². The maximum absolute atomic E-state index is 13.2. The maximum atomic E-state index is 13.2. The summed E-state index contributed by atoms with van der Waals surface area (Å²) in [4.78, 5) is 22.9. The summed E-state index contributed by atoms with van der Waals surface area (Å²) in [5.41, 5.74) is 7.87. The number of nitrogens with one attached hydrogen (secondary N) is 2. The van der Waals surface area contributed by atoms with E-state index in [9.17, 15) is 22.6 Å². The van der Waals surface area contributed by atoms with Crippen LogP contribution in [0.25, 0.3) is 33.4 Å². The van der Waals surface area contributed by atoms with Gasteiger partial charge in [-0.25, -0.2) is 8.42 Å². The second kappa shape index (κ2) is 65.5. The summed E-state index contributed by atoms with van der Waals surface area (Å²) in [6.07, 6.45) is -0.0147. The lowest BCUT2D eigenvalue weighted by atomic mass is 9.91. The van der Waals surface area contributed by atoms with Gasteiger partial charge in [0.15, 0.2) is 5.58 Å². The predicted molar refractivity (Wildman–Crippen MR) is 385 cm³/mol. The Morgan fingerprint density at radius 2 is 0.692 bits per heavy atom. The summed E-state index contributed by atoms with van der Waals surface area (Å²) in [6.45, 7) is 22.8. The molecule has 35 heteroatoms. The minimum absolute atomic E-state index is 0.0147. The Morgan fingerprint density at radius 3 is 0.972 bits per heavy atom. The fraction of sp³-hybridized carbons (Fsp3) is 0.708. The highest BCUT2D eigenvalue weighted by Gasteiger charge is 2.25. The van der Waals surface area contributed by atoms with Crippen molar-refractivity contribution >= 4 is 38.7 Å². The van der Waals surface area contributed by atoms with Gasteiger partial charge in [0, 0.05) is 34.2 Å². The van der Waals surface area contributed by atoms with Gasteiger partial charge < -0.3 is 144 Å². The first-order chi connectivity index (χ1) is 52.5. The number of carbonyl (C=O) groups is 2. The van der Waals surface area contributed by atoms with Gasteiger partial charge in [-0.15, -0.1) is 0 Å². The Balaban J connectivity index is 0.748. The van der Waals surface area contributed by atoms with Gasteiger partial charge in [-0.3, -0.25) is 9.59 Å². The molecule has 0 saturated heterocycles. The highest BCUT2D eigenvalue weighted by Crippen LogP contribution is 2.44. The number of amides is 1. The Labute approximate surface area is 627 Å². The van der Waals surface area contributed by atoms with Gasteiger partial charge in [0.25, 0.3) is 5.91 Å². The molecule has 0 aromatic heterocycles. The topological polar surface area (TPSA) is 408 Å². The number of hydrogen-bond acceptors (Lipinski definition) is 32. The lowest BCUT2D eigenvalue weighted by Crippen LogP contribution is -2.27. The van der Waals surface area contributed by atoms with Crippen molar-refractivity contribution in [1.29, 1.82) is 5.41 Å². The number of benzene rings is 3. The number of ether oxygens (including phenoxy) is 24. The van der Waals surface area contributed by atoms with E-state index in [4.69, 9.17) is 134 Å². The molecule has 0 unspecified atom stereocenters. The van der Waals surface area contributed by atoms with Gasteiger partial charge in [-0.05, 0) is 48.9 Å². The van der Waals surface area contributed by atoms with Gasteiger partial charge in [0.2, 0.25) is 0 Å². The van der Waals surface area contributed by atoms with Crippen LogP contribution in [0.5, 0.6) is 0 Å². The number of carboxylic acid groups (broad SMARTS) is 1. The fourth-order valence-electron chi connectivity index (χ4n) is 9.19. The summed E-state index contributed by atoms with van der Waals surface area (Å²) in [5, 5.41) is 20.1. The van der Waals surface area contributed by atoms with Gasteiger partial charge in [-0.2, -0.15) is 0 Å². The SMILES string of the molecule is Cc1c2oc3c(S(=O)(=O)[O-])c(N)ccc3c(-c3cccc(C(=O)NCCOCCOCCOCCOCCOCCOCCOCCOCCOCCOCCOCCOCCOCCOCCOCCOCCOCCOCCOCCOCCOCCOCCOCCOCCC(=O)O)c3)c-2ccc1=N. The van der Waals surface area contributed by atoms with Crippen molar-refractivity contribution in [2.75, 3.05) is 329 Å². The molecule has 4 rings (SSSR count). The molecule has 612 valence electrons. The van der Waals surface area contributed by atoms with Crippen molar-refractivity contribution < 1.29 is 146 Å². The smallest absolute Gasteiger partial charge is 0.305 e. The average Bonchev–Trinajstić information content (AvgIpc) is 0.733. The number of rotatable bonds is 78. The Kier molecular flexibility index (Phi) is 57.7. The number of hydrogen-bond donors (Lipinski definition) is 4. The molecule has 1 aliphatic carbocycles. The molecular weight excluding hydrogens is 1430 g/mol. The van der Waals surface area contributed by atoms with Crippen LogP contribution in [0.1, 0.15) is 22.3 Å². The summed E-state index contributed by atoms with van der Waals surface area (Å²) in [7, 11) is -5.05. The molecule has 0 bridgehead atoms. The van der Waals surface area contributed by atoms with E-state index in [0.29, 0.717) is 337 Å². The summed E-state index contributed by atoms with van der Waals surface area (Å²) in [5.74, 6) is -1.02. The number of carbonyl (C=O) groups excluding carboxylic acids is 1. The highest BCUT2D eigenvalue weighted by atomic mass is 32.2. The van der Waals surface area contributed by atoms with E-state index < -0.39 is 21.0 Å². The van der Waals surface area contributed by atoms with Crippen molar-refractivity contribution in [1.82, 2.24) is 5.32 Å². The Bertz CT molecular complexity index is 2970. The van der Waals surface area contributed by atoms with Gasteiger partial charge in [0.05, 0.1) is 335 Å². The van der Waals surface area contributed by atoms with Crippen molar-refractivity contribution in [2.45, 2.75) is 18.2 Å². The molecule has 2 aliphatic rings. The van der Waals surface area contributed by atoms with Gasteiger partial charge in [0.1, 0.15) is 20.8 Å². The molecule has 0 spiro atoms. The lowest BCUT2D eigenvalue weighted by Gasteiger charge is -2.20. The van der Waals surface area contributed by atoms with Crippen LogP contribution in [0.2, 0.25) is 0 Å². The minimum Gasteiger partial charge on any atom is -0.744 e. The first kappa shape index (κ1) is 94.2. The van der Waals surface area contributed by atoms with E-state index in [-0.39, 0.29) is 54.5 Å². The molecule has 107 heavy (non-hydrogen) atoms. The highest BCUT2D eigenvalue weighted by molar-refractivity contribution is 7.86. The normalized spacial score (nSPS) is 11.9. The molecule has 1 amide bonds. The van der Waals surface area contributed by atoms with Crippen LogP contribution in [-0.2, 0) is 129 Å². The molecule has 0 fully saturated rings.